The summed E-state index contributed by atoms with van der Waals surface area (Å²) in [5.41, 5.74) is 12.1. The molecule has 0 saturated heterocycles. The van der Waals surface area contributed by atoms with Crippen LogP contribution in [-0.4, -0.2) is 9.13 Å². The Kier molecular flexibility index (Phi) is 7.92. The van der Waals surface area contributed by atoms with Gasteiger partial charge < -0.3 is 9.13 Å². The number of aromatic nitrogens is 2. The first-order valence-corrected chi connectivity index (χ1v) is 18.8. The third-order valence-corrected chi connectivity index (χ3v) is 11.1. The van der Waals surface area contributed by atoms with Gasteiger partial charge in [0.25, 0.3) is 0 Å². The Morgan fingerprint density at radius 2 is 0.862 bits per heavy atom. The highest BCUT2D eigenvalue weighted by Gasteiger charge is 2.25. The van der Waals surface area contributed by atoms with Gasteiger partial charge in [-0.2, -0.15) is 21.0 Å². The summed E-state index contributed by atoms with van der Waals surface area (Å²) in [6.07, 6.45) is 0. The molecular formula is C52H28N6. The Balaban J connectivity index is 1.35. The fourth-order valence-corrected chi connectivity index (χ4v) is 8.54. The van der Waals surface area contributed by atoms with E-state index >= 15 is 0 Å². The van der Waals surface area contributed by atoms with Crippen LogP contribution in [0.1, 0.15) is 22.3 Å². The number of nitriles is 4. The molecule has 0 amide bonds. The van der Waals surface area contributed by atoms with Crippen molar-refractivity contribution in [1.29, 1.82) is 21.0 Å². The van der Waals surface area contributed by atoms with Crippen LogP contribution in [0.4, 0.5) is 0 Å². The molecular weight excluding hydrogens is 709 g/mol. The van der Waals surface area contributed by atoms with Crippen LogP contribution in [0.5, 0.6) is 0 Å². The molecule has 0 atom stereocenters. The Bertz CT molecular complexity index is 3520. The molecule has 2 aromatic heterocycles. The molecule has 10 rings (SSSR count). The standard InChI is InChI=1S/C52H28N6/c53-29-33-10-9-13-34(26-33)41-24-25-49(57-47-18-7-5-16-42(47)44-22-20-35(27-50(44)57)39-14-3-1-11-37(39)30-54)46(32-56)52(41)58-48-19-8-6-17-43(48)45-23-21-36(28-51(45)58)40-15-4-2-12-38(40)31-55/h1-28H. The first-order chi connectivity index (χ1) is 28.6. The predicted molar refractivity (Wildman–Crippen MR) is 230 cm³/mol. The number of nitrogens with zero attached hydrogens (tertiary/aromatic N) is 6. The fourth-order valence-electron chi connectivity index (χ4n) is 8.54. The zero-order valence-corrected chi connectivity index (χ0v) is 30.8. The molecule has 6 heteroatoms. The van der Waals surface area contributed by atoms with E-state index in [1.807, 2.05) is 109 Å². The van der Waals surface area contributed by atoms with E-state index in [4.69, 9.17) is 0 Å². The molecule has 0 aliphatic rings. The van der Waals surface area contributed by atoms with Gasteiger partial charge >= 0.3 is 0 Å². The fraction of sp³-hybridized carbons (Fsp3) is 0. The molecule has 0 aliphatic carbocycles. The first-order valence-electron chi connectivity index (χ1n) is 18.8. The average molecular weight is 737 g/mol. The van der Waals surface area contributed by atoms with Crippen LogP contribution in [0.2, 0.25) is 0 Å². The molecule has 0 radical (unpaired) electrons. The van der Waals surface area contributed by atoms with Crippen molar-refractivity contribution in [2.45, 2.75) is 0 Å². The topological polar surface area (TPSA) is 105 Å². The Morgan fingerprint density at radius 1 is 0.345 bits per heavy atom. The minimum absolute atomic E-state index is 0.441. The highest BCUT2D eigenvalue weighted by molar-refractivity contribution is 6.13. The van der Waals surface area contributed by atoms with E-state index < -0.39 is 0 Å². The van der Waals surface area contributed by atoms with Gasteiger partial charge in [0.1, 0.15) is 11.6 Å². The van der Waals surface area contributed by atoms with E-state index in [0.717, 1.165) is 77.0 Å². The van der Waals surface area contributed by atoms with Crippen molar-refractivity contribution in [2.75, 3.05) is 0 Å². The van der Waals surface area contributed by atoms with Gasteiger partial charge in [0, 0.05) is 27.1 Å². The maximum atomic E-state index is 11.6. The Labute approximate surface area is 333 Å². The zero-order valence-electron chi connectivity index (χ0n) is 30.8. The van der Waals surface area contributed by atoms with Crippen LogP contribution in [-0.2, 0) is 0 Å². The lowest BCUT2D eigenvalue weighted by Gasteiger charge is -2.20. The van der Waals surface area contributed by atoms with Crippen LogP contribution in [0.3, 0.4) is 0 Å². The third kappa shape index (κ3) is 5.16. The summed E-state index contributed by atoms with van der Waals surface area (Å²) >= 11 is 0. The summed E-state index contributed by atoms with van der Waals surface area (Å²) in [4.78, 5) is 0. The number of para-hydroxylation sites is 2. The van der Waals surface area contributed by atoms with Crippen molar-refractivity contribution in [3.8, 4) is 69.0 Å². The second kappa shape index (κ2) is 13.6. The monoisotopic (exact) mass is 736 g/mol. The van der Waals surface area contributed by atoms with Crippen LogP contribution in [0, 0.1) is 45.3 Å². The molecule has 8 aromatic carbocycles. The Hall–Kier alpha value is -8.68. The maximum Gasteiger partial charge on any atom is 0.104 e. The molecule has 0 aliphatic heterocycles. The second-order valence-electron chi connectivity index (χ2n) is 14.1. The molecule has 0 unspecified atom stereocenters. The zero-order chi connectivity index (χ0) is 39.3. The third-order valence-electron chi connectivity index (χ3n) is 11.1. The lowest BCUT2D eigenvalue weighted by Crippen LogP contribution is -2.06. The first kappa shape index (κ1) is 33.9. The molecule has 10 aromatic rings. The molecule has 0 bridgehead atoms. The van der Waals surface area contributed by atoms with E-state index in [1.165, 1.54) is 0 Å². The molecule has 6 nitrogen and oxygen atoms in total. The molecule has 0 fully saturated rings. The molecule has 0 N–H and O–H groups in total. The summed E-state index contributed by atoms with van der Waals surface area (Å²) in [6, 6.07) is 65.3. The normalized spacial score (nSPS) is 11.0. The molecule has 0 saturated carbocycles. The minimum Gasteiger partial charge on any atom is -0.308 e. The quantitative estimate of drug-likeness (QED) is 0.175. The van der Waals surface area contributed by atoms with E-state index in [2.05, 4.69) is 88.0 Å². The van der Waals surface area contributed by atoms with Gasteiger partial charge in [0.15, 0.2) is 0 Å². The van der Waals surface area contributed by atoms with Gasteiger partial charge in [-0.3, -0.25) is 0 Å². The number of hydrogen-bond donors (Lipinski definition) is 0. The predicted octanol–water partition coefficient (Wildman–Crippen LogP) is 12.4. The Morgan fingerprint density at radius 3 is 1.45 bits per heavy atom. The summed E-state index contributed by atoms with van der Waals surface area (Å²) in [5, 5.41) is 45.7. The van der Waals surface area contributed by atoms with Gasteiger partial charge in [-0.15, -0.1) is 0 Å². The number of rotatable bonds is 5. The maximum absolute atomic E-state index is 11.6. The smallest absolute Gasteiger partial charge is 0.104 e. The lowest BCUT2D eigenvalue weighted by atomic mass is 9.96. The summed E-state index contributed by atoms with van der Waals surface area (Å²) in [5.74, 6) is 0. The lowest BCUT2D eigenvalue weighted by molar-refractivity contribution is 1.12. The van der Waals surface area contributed by atoms with Gasteiger partial charge in [-0.1, -0.05) is 115 Å². The molecule has 58 heavy (non-hydrogen) atoms. The van der Waals surface area contributed by atoms with E-state index in [1.54, 1.807) is 6.07 Å². The van der Waals surface area contributed by atoms with Gasteiger partial charge in [-0.05, 0) is 82.4 Å². The van der Waals surface area contributed by atoms with Crippen molar-refractivity contribution in [1.82, 2.24) is 9.13 Å². The van der Waals surface area contributed by atoms with Gasteiger partial charge in [0.05, 0.1) is 68.3 Å². The van der Waals surface area contributed by atoms with Gasteiger partial charge in [0.2, 0.25) is 0 Å². The summed E-state index contributed by atoms with van der Waals surface area (Å²) < 4.78 is 4.32. The minimum atomic E-state index is 0.441. The van der Waals surface area contributed by atoms with Crippen molar-refractivity contribution in [2.24, 2.45) is 0 Å². The largest absolute Gasteiger partial charge is 0.308 e. The second-order valence-corrected chi connectivity index (χ2v) is 14.1. The van der Waals surface area contributed by atoms with Gasteiger partial charge in [-0.25, -0.2) is 0 Å². The SMILES string of the molecule is N#Cc1cccc(-c2ccc(-n3c4ccccc4c4ccc(-c5ccccc5C#N)cc43)c(C#N)c2-n2c3ccccc3c3ccc(-c4ccccc4C#N)cc32)c1. The van der Waals surface area contributed by atoms with Crippen LogP contribution in [0.15, 0.2) is 170 Å². The molecule has 266 valence electrons. The number of fused-ring (bicyclic) bond motifs is 6. The molecule has 0 spiro atoms. The highest BCUT2D eigenvalue weighted by Crippen LogP contribution is 2.43. The molecule has 2 heterocycles. The van der Waals surface area contributed by atoms with Crippen molar-refractivity contribution >= 4 is 43.6 Å². The van der Waals surface area contributed by atoms with Crippen molar-refractivity contribution in [3.05, 3.63) is 192 Å². The van der Waals surface area contributed by atoms with E-state index in [0.29, 0.717) is 33.6 Å². The van der Waals surface area contributed by atoms with Crippen molar-refractivity contribution < 1.29 is 0 Å². The average Bonchev–Trinajstić information content (AvgIpc) is 3.80. The van der Waals surface area contributed by atoms with Crippen LogP contribution < -0.4 is 0 Å². The van der Waals surface area contributed by atoms with Crippen molar-refractivity contribution in [3.63, 3.8) is 0 Å². The van der Waals surface area contributed by atoms with E-state index in [-0.39, 0.29) is 0 Å². The highest BCUT2D eigenvalue weighted by atomic mass is 15.0. The summed E-state index contributed by atoms with van der Waals surface area (Å²) in [6.45, 7) is 0. The summed E-state index contributed by atoms with van der Waals surface area (Å²) in [7, 11) is 0. The van der Waals surface area contributed by atoms with E-state index in [9.17, 15) is 21.0 Å². The number of hydrogen-bond acceptors (Lipinski definition) is 4. The van der Waals surface area contributed by atoms with Crippen LogP contribution in [0.25, 0.3) is 88.4 Å². The van der Waals surface area contributed by atoms with Crippen LogP contribution >= 0.6 is 0 Å². The number of benzene rings is 8.